The largest absolute Gasteiger partial charge is 0.436 e. The molecule has 0 spiro atoms. The summed E-state index contributed by atoms with van der Waals surface area (Å²) in [4.78, 5) is 66.2. The second kappa shape index (κ2) is 16.6. The molecule has 0 unspecified atom stereocenters. The molecule has 4 atom stereocenters. The summed E-state index contributed by atoms with van der Waals surface area (Å²) in [5.41, 5.74) is 5.96. The van der Waals surface area contributed by atoms with Gasteiger partial charge in [-0.25, -0.2) is 14.8 Å². The number of rotatable bonds is 11. The second-order valence-electron chi connectivity index (χ2n) is 15.7. The lowest BCUT2D eigenvalue weighted by Gasteiger charge is -2.31. The van der Waals surface area contributed by atoms with Crippen molar-refractivity contribution in [3.63, 3.8) is 0 Å². The summed E-state index contributed by atoms with van der Waals surface area (Å²) in [5.74, 6) is 2.15. The zero-order valence-corrected chi connectivity index (χ0v) is 33.2. The fourth-order valence-corrected chi connectivity index (χ4v) is 7.95. The molecule has 4 N–H and O–H groups in total. The second-order valence-corrected chi connectivity index (χ2v) is 15.7. The number of nitrogens with zero attached hydrogens (tertiary/aromatic N) is 6. The van der Waals surface area contributed by atoms with Gasteiger partial charge in [-0.3, -0.25) is 14.6 Å². The van der Waals surface area contributed by atoms with Gasteiger partial charge < -0.3 is 40.0 Å². The maximum Gasteiger partial charge on any atom is 0.407 e. The maximum atomic E-state index is 13.9. The Morgan fingerprint density at radius 1 is 0.732 bits per heavy atom. The van der Waals surface area contributed by atoms with Gasteiger partial charge in [0.2, 0.25) is 5.91 Å². The first kappa shape index (κ1) is 38.6. The van der Waals surface area contributed by atoms with Crippen molar-refractivity contribution in [1.29, 1.82) is 0 Å². The van der Waals surface area contributed by atoms with Gasteiger partial charge in [-0.1, -0.05) is 76.2 Å². The van der Waals surface area contributed by atoms with E-state index in [1.54, 1.807) is 4.90 Å². The topological polar surface area (TPSA) is 164 Å². The van der Waals surface area contributed by atoms with Crippen molar-refractivity contribution in [2.24, 2.45) is 16.8 Å². The zero-order chi connectivity index (χ0) is 39.5. The molecule has 7 rings (SSSR count). The van der Waals surface area contributed by atoms with Crippen LogP contribution in [0.5, 0.6) is 0 Å². The molecule has 0 saturated carbocycles. The van der Waals surface area contributed by atoms with E-state index in [1.165, 1.54) is 7.05 Å². The first-order valence-corrected chi connectivity index (χ1v) is 19.8. The number of likely N-dealkylation sites (tertiary alicyclic amines) is 2. The van der Waals surface area contributed by atoms with Crippen LogP contribution in [-0.4, -0.2) is 111 Å². The highest BCUT2D eigenvalue weighted by atomic mass is 16.6. The van der Waals surface area contributed by atoms with Crippen molar-refractivity contribution in [1.82, 2.24) is 45.3 Å². The number of hydrogen-bond donors (Lipinski definition) is 4. The summed E-state index contributed by atoms with van der Waals surface area (Å²) in [6, 6.07) is 16.1. The summed E-state index contributed by atoms with van der Waals surface area (Å²) in [6.07, 6.45) is 5.62. The van der Waals surface area contributed by atoms with Gasteiger partial charge in [-0.2, -0.15) is 0 Å². The molecule has 3 amide bonds. The molecule has 4 aromatic rings. The van der Waals surface area contributed by atoms with Crippen LogP contribution in [0.3, 0.4) is 0 Å². The Hall–Kier alpha value is -5.66. The van der Waals surface area contributed by atoms with Crippen LogP contribution >= 0.6 is 0 Å². The summed E-state index contributed by atoms with van der Waals surface area (Å²) in [7, 11) is 3.48. The number of alkyl carbamates (subject to hydrolysis) is 1. The number of likely N-dealkylation sites (N-methyl/N-ethyl adjacent to an activating group) is 1. The van der Waals surface area contributed by atoms with Crippen LogP contribution in [0.1, 0.15) is 77.1 Å². The Morgan fingerprint density at radius 3 is 1.68 bits per heavy atom. The molecule has 2 saturated heterocycles. The van der Waals surface area contributed by atoms with Gasteiger partial charge in [0.1, 0.15) is 17.7 Å². The van der Waals surface area contributed by atoms with Gasteiger partial charge in [-0.15, -0.1) is 0 Å². The van der Waals surface area contributed by atoms with Gasteiger partial charge in [0.15, 0.2) is 12.1 Å². The normalized spacial score (nSPS) is 19.4. The highest BCUT2D eigenvalue weighted by Gasteiger charge is 2.39. The summed E-state index contributed by atoms with van der Waals surface area (Å²) < 4.78 is 5.44. The molecular formula is C42H54N10O4. The van der Waals surface area contributed by atoms with E-state index >= 15 is 0 Å². The summed E-state index contributed by atoms with van der Waals surface area (Å²) in [5, 5.41) is 5.87. The maximum absolute atomic E-state index is 13.9. The van der Waals surface area contributed by atoms with Crippen LogP contribution in [0.15, 0.2) is 65.9 Å². The Kier molecular flexibility index (Phi) is 11.4. The van der Waals surface area contributed by atoms with Gasteiger partial charge in [0.05, 0.1) is 42.4 Å². The minimum atomic E-state index is -0.866. The van der Waals surface area contributed by atoms with Gasteiger partial charge in [-0.05, 0) is 59.8 Å². The smallest absolute Gasteiger partial charge is 0.407 e. The van der Waals surface area contributed by atoms with E-state index in [2.05, 4.69) is 97.9 Å². The Bertz CT molecular complexity index is 2040. The lowest BCUT2D eigenvalue weighted by atomic mass is 10.0. The monoisotopic (exact) mass is 762 g/mol. The molecule has 0 bridgehead atoms. The first-order chi connectivity index (χ1) is 27.0. The number of nitrogens with one attached hydrogen (secondary N) is 4. The number of carbonyl (C=O) groups excluding carboxylic acids is 3. The number of amides is 3. The van der Waals surface area contributed by atoms with E-state index in [0.717, 1.165) is 90.0 Å². The number of benzene rings is 2. The molecule has 3 aliphatic heterocycles. The summed E-state index contributed by atoms with van der Waals surface area (Å²) >= 11 is 0. The molecule has 0 radical (unpaired) electrons. The minimum Gasteiger partial charge on any atom is -0.436 e. The van der Waals surface area contributed by atoms with Crippen molar-refractivity contribution in [2.45, 2.75) is 77.6 Å². The van der Waals surface area contributed by atoms with Crippen molar-refractivity contribution < 1.29 is 19.1 Å². The highest BCUT2D eigenvalue weighted by Crippen LogP contribution is 2.35. The third-order valence-electron chi connectivity index (χ3n) is 11.2. The Balaban J connectivity index is 0.994. The van der Waals surface area contributed by atoms with E-state index < -0.39 is 12.2 Å². The molecular weight excluding hydrogens is 709 g/mol. The highest BCUT2D eigenvalue weighted by molar-refractivity contribution is 5.90. The number of guanidine groups is 1. The number of H-pyrrole nitrogens is 2. The average Bonchev–Trinajstić information content (AvgIpc) is 4.06. The molecule has 14 nitrogen and oxygen atoms in total. The summed E-state index contributed by atoms with van der Waals surface area (Å²) in [6.45, 7) is 10.8. The van der Waals surface area contributed by atoms with Gasteiger partial charge in [0, 0.05) is 33.7 Å². The fourth-order valence-electron chi connectivity index (χ4n) is 7.95. The van der Waals surface area contributed by atoms with E-state index in [4.69, 9.17) is 9.72 Å². The fraction of sp³-hybridized carbons (Fsp3) is 0.476. The molecule has 2 fully saturated rings. The number of imidazole rings is 2. The number of ether oxygens (including phenoxy) is 1. The Morgan fingerprint density at radius 2 is 1.23 bits per heavy atom. The number of aromatic nitrogens is 4. The van der Waals surface area contributed by atoms with E-state index in [0.29, 0.717) is 13.1 Å². The van der Waals surface area contributed by atoms with Crippen LogP contribution < -0.4 is 10.6 Å². The van der Waals surface area contributed by atoms with Crippen molar-refractivity contribution in [2.75, 3.05) is 40.3 Å². The lowest BCUT2D eigenvalue weighted by molar-refractivity contribution is -0.143. The predicted octanol–water partition coefficient (Wildman–Crippen LogP) is 5.76. The van der Waals surface area contributed by atoms with E-state index in [1.807, 2.05) is 38.2 Å². The SMILES string of the molecule is CNC(=O)O[C@H](C(=O)N1CCC[C@H]1c1ncc(-c2ccc(-c3ccc(-c4cnc([C@@H]5CCCN5C(=O)[C@H](NC5=NCCN5C)C(C)C)[nH]4)cc3)cc2)[nH]1)C(C)C. The van der Waals surface area contributed by atoms with Crippen LogP contribution in [0, 0.1) is 11.8 Å². The number of hydrogen-bond acceptors (Lipinski definition) is 9. The molecule has 3 aliphatic rings. The predicted molar refractivity (Wildman–Crippen MR) is 215 cm³/mol. The van der Waals surface area contributed by atoms with Crippen LogP contribution in [-0.2, 0) is 14.3 Å². The number of aliphatic imine (C=N–C) groups is 1. The molecule has 14 heteroatoms. The van der Waals surface area contributed by atoms with Gasteiger partial charge >= 0.3 is 6.09 Å². The molecule has 5 heterocycles. The van der Waals surface area contributed by atoms with E-state index in [-0.39, 0.29) is 41.8 Å². The van der Waals surface area contributed by atoms with Crippen molar-refractivity contribution in [3.05, 3.63) is 72.6 Å². The average molecular weight is 763 g/mol. The third-order valence-corrected chi connectivity index (χ3v) is 11.2. The van der Waals surface area contributed by atoms with Gasteiger partial charge in [0.25, 0.3) is 5.91 Å². The molecule has 56 heavy (non-hydrogen) atoms. The molecule has 0 aliphatic carbocycles. The third kappa shape index (κ3) is 8.00. The molecule has 2 aromatic heterocycles. The standard InChI is InChI=1S/C42H54N10O4/c1-25(2)35(49-41-44-19-22-50(41)6)39(53)51-20-7-9-33(51)37-45-23-31(47-37)29-15-11-27(12-16-29)28-13-17-30(18-14-28)32-24-46-38(48-32)34-10-8-21-52(34)40(54)36(26(3)4)56-42(55)43-5/h11-18,23-26,33-36H,7-10,19-22H2,1-6H3,(H,43,55)(H,44,49)(H,45,47)(H,46,48)/t33-,34-,35+,36-/m0/s1. The molecule has 296 valence electrons. The van der Waals surface area contributed by atoms with Crippen molar-refractivity contribution in [3.8, 4) is 33.6 Å². The molecule has 2 aromatic carbocycles. The van der Waals surface area contributed by atoms with Crippen LogP contribution in [0.25, 0.3) is 33.6 Å². The zero-order valence-electron chi connectivity index (χ0n) is 33.2. The number of aromatic amines is 2. The first-order valence-electron chi connectivity index (χ1n) is 19.8. The minimum absolute atomic E-state index is 0.0880. The quantitative estimate of drug-likeness (QED) is 0.150. The van der Waals surface area contributed by atoms with E-state index in [9.17, 15) is 14.4 Å². The number of carbonyl (C=O) groups is 3. The Labute approximate surface area is 328 Å². The van der Waals surface area contributed by atoms with Crippen LogP contribution in [0.4, 0.5) is 4.79 Å². The van der Waals surface area contributed by atoms with Crippen LogP contribution in [0.2, 0.25) is 0 Å². The lowest BCUT2D eigenvalue weighted by Crippen LogP contribution is -2.53. The van der Waals surface area contributed by atoms with Crippen molar-refractivity contribution >= 4 is 23.9 Å².